The van der Waals surface area contributed by atoms with Gasteiger partial charge in [-0.25, -0.2) is 8.78 Å². The van der Waals surface area contributed by atoms with Crippen molar-refractivity contribution in [3.63, 3.8) is 0 Å². The highest BCUT2D eigenvalue weighted by atomic mass is 19.1. The van der Waals surface area contributed by atoms with Crippen LogP contribution in [0.5, 0.6) is 0 Å². The second kappa shape index (κ2) is 5.82. The highest BCUT2D eigenvalue weighted by Crippen LogP contribution is 2.25. The maximum absolute atomic E-state index is 13.5. The molecule has 7 heteroatoms. The molecule has 0 aliphatic rings. The fourth-order valence-electron chi connectivity index (χ4n) is 1.76. The number of nitro benzene ring substituents is 1. The van der Waals surface area contributed by atoms with Gasteiger partial charge in [-0.05, 0) is 24.1 Å². The van der Waals surface area contributed by atoms with E-state index >= 15 is 0 Å². The lowest BCUT2D eigenvalue weighted by atomic mass is 10.1. The summed E-state index contributed by atoms with van der Waals surface area (Å²) in [5, 5.41) is 13.2. The molecule has 2 rings (SSSR count). The minimum absolute atomic E-state index is 0.0525. The molecule has 0 aliphatic heterocycles. The highest BCUT2D eigenvalue weighted by molar-refractivity contribution is 5.53. The number of hydrogen-bond acceptors (Lipinski definition) is 3. The van der Waals surface area contributed by atoms with Gasteiger partial charge in [0.25, 0.3) is 0 Å². The number of hydrogen-bond donors (Lipinski definition) is 1. The zero-order chi connectivity index (χ0) is 15.6. The Morgan fingerprint density at radius 3 is 2.43 bits per heavy atom. The molecule has 2 aromatic carbocycles. The number of benzene rings is 2. The molecule has 0 heterocycles. The first-order valence-corrected chi connectivity index (χ1v) is 6.01. The average molecular weight is 296 g/mol. The van der Waals surface area contributed by atoms with Crippen molar-refractivity contribution in [1.29, 1.82) is 0 Å². The smallest absolute Gasteiger partial charge is 0.307 e. The number of nitrogens with zero attached hydrogens (tertiary/aromatic N) is 1. The summed E-state index contributed by atoms with van der Waals surface area (Å²) >= 11 is 0. The largest absolute Gasteiger partial charge is 0.378 e. The molecule has 0 unspecified atom stereocenters. The second-order valence-corrected chi connectivity index (χ2v) is 4.48. The predicted molar refractivity (Wildman–Crippen MR) is 71.5 cm³/mol. The molecule has 1 N–H and O–H groups in total. The van der Waals surface area contributed by atoms with Crippen LogP contribution >= 0.6 is 0 Å². The number of nitrogens with one attached hydrogen (secondary N) is 1. The van der Waals surface area contributed by atoms with Crippen LogP contribution in [0.15, 0.2) is 30.3 Å². The van der Waals surface area contributed by atoms with Gasteiger partial charge in [-0.15, -0.1) is 0 Å². The van der Waals surface area contributed by atoms with Crippen LogP contribution in [0.4, 0.5) is 24.5 Å². The monoisotopic (exact) mass is 296 g/mol. The van der Waals surface area contributed by atoms with Gasteiger partial charge in [0.2, 0.25) is 5.82 Å². The van der Waals surface area contributed by atoms with Crippen LogP contribution in [-0.4, -0.2) is 4.92 Å². The lowest BCUT2D eigenvalue weighted by Gasteiger charge is -2.09. The summed E-state index contributed by atoms with van der Waals surface area (Å²) in [5.41, 5.74) is -0.0371. The van der Waals surface area contributed by atoms with Crippen LogP contribution < -0.4 is 5.32 Å². The first kappa shape index (κ1) is 14.8. The molecule has 110 valence electrons. The van der Waals surface area contributed by atoms with E-state index in [9.17, 15) is 23.3 Å². The molecule has 0 spiro atoms. The van der Waals surface area contributed by atoms with E-state index < -0.39 is 28.1 Å². The molecule has 0 aliphatic carbocycles. The number of nitro groups is 1. The van der Waals surface area contributed by atoms with Crippen molar-refractivity contribution in [2.24, 2.45) is 0 Å². The third kappa shape index (κ3) is 3.31. The van der Waals surface area contributed by atoms with E-state index in [1.165, 1.54) is 6.07 Å². The van der Waals surface area contributed by atoms with E-state index in [0.717, 1.165) is 6.07 Å². The van der Waals surface area contributed by atoms with E-state index in [-0.39, 0.29) is 12.2 Å². The van der Waals surface area contributed by atoms with Crippen molar-refractivity contribution >= 4 is 11.4 Å². The van der Waals surface area contributed by atoms with Gasteiger partial charge in [-0.3, -0.25) is 10.1 Å². The van der Waals surface area contributed by atoms with Crippen LogP contribution in [-0.2, 0) is 6.54 Å². The molecule has 0 aromatic heterocycles. The van der Waals surface area contributed by atoms with Gasteiger partial charge in [-0.1, -0.05) is 12.1 Å². The Balaban J connectivity index is 2.21. The molecule has 0 fully saturated rings. The van der Waals surface area contributed by atoms with Gasteiger partial charge in [0.1, 0.15) is 11.6 Å². The Bertz CT molecular complexity index is 705. The Hall–Kier alpha value is -2.57. The second-order valence-electron chi connectivity index (χ2n) is 4.48. The lowest BCUT2D eigenvalue weighted by Crippen LogP contribution is -2.04. The Kier molecular flexibility index (Phi) is 4.11. The van der Waals surface area contributed by atoms with E-state index in [0.29, 0.717) is 17.2 Å². The van der Waals surface area contributed by atoms with Gasteiger partial charge in [0.05, 0.1) is 10.6 Å². The molecule has 0 saturated carbocycles. The summed E-state index contributed by atoms with van der Waals surface area (Å²) < 4.78 is 40.1. The summed E-state index contributed by atoms with van der Waals surface area (Å²) in [6.07, 6.45) is 0. The van der Waals surface area contributed by atoms with Crippen molar-refractivity contribution in [1.82, 2.24) is 0 Å². The Labute approximate surface area is 118 Å². The van der Waals surface area contributed by atoms with Crippen LogP contribution in [0.3, 0.4) is 0 Å². The zero-order valence-corrected chi connectivity index (χ0v) is 11.0. The SMILES string of the molecule is Cc1ccc(CNc2cc([N+](=O)[O-])c(F)cc2F)cc1F. The quantitative estimate of drug-likeness (QED) is 0.687. The topological polar surface area (TPSA) is 55.2 Å². The van der Waals surface area contributed by atoms with E-state index in [4.69, 9.17) is 0 Å². The van der Waals surface area contributed by atoms with Crippen LogP contribution in [0.2, 0.25) is 0 Å². The van der Waals surface area contributed by atoms with Crippen molar-refractivity contribution in [3.8, 4) is 0 Å². The van der Waals surface area contributed by atoms with Gasteiger partial charge in [-0.2, -0.15) is 4.39 Å². The highest BCUT2D eigenvalue weighted by Gasteiger charge is 2.18. The van der Waals surface area contributed by atoms with Crippen LogP contribution in [0.25, 0.3) is 0 Å². The summed E-state index contributed by atoms with van der Waals surface area (Å²) in [6, 6.07) is 5.70. The van der Waals surface area contributed by atoms with Crippen LogP contribution in [0.1, 0.15) is 11.1 Å². The molecular formula is C14H11F3N2O2. The van der Waals surface area contributed by atoms with Gasteiger partial charge < -0.3 is 5.32 Å². The summed E-state index contributed by atoms with van der Waals surface area (Å²) in [7, 11) is 0. The van der Waals surface area contributed by atoms with E-state index in [1.807, 2.05) is 0 Å². The Morgan fingerprint density at radius 1 is 1.10 bits per heavy atom. The normalized spacial score (nSPS) is 10.5. The summed E-state index contributed by atoms with van der Waals surface area (Å²) in [6.45, 7) is 1.66. The molecule has 2 aromatic rings. The summed E-state index contributed by atoms with van der Waals surface area (Å²) in [4.78, 5) is 9.67. The van der Waals surface area contributed by atoms with Gasteiger partial charge >= 0.3 is 5.69 Å². The van der Waals surface area contributed by atoms with Crippen molar-refractivity contribution in [3.05, 3.63) is 69.0 Å². The molecular weight excluding hydrogens is 285 g/mol. The predicted octanol–water partition coefficient (Wildman–Crippen LogP) is 3.93. The fourth-order valence-corrected chi connectivity index (χ4v) is 1.76. The number of aryl methyl sites for hydroxylation is 1. The standard InChI is InChI=1S/C14H11F3N2O2/c1-8-2-3-9(4-10(8)15)7-18-13-6-14(19(20)21)12(17)5-11(13)16/h2-6,18H,7H2,1H3. The van der Waals surface area contributed by atoms with Crippen LogP contribution in [0, 0.1) is 34.5 Å². The molecule has 0 radical (unpaired) electrons. The van der Waals surface area contributed by atoms with Crippen molar-refractivity contribution < 1.29 is 18.1 Å². The van der Waals surface area contributed by atoms with Crippen molar-refractivity contribution in [2.45, 2.75) is 13.5 Å². The molecule has 4 nitrogen and oxygen atoms in total. The average Bonchev–Trinajstić information content (AvgIpc) is 2.41. The minimum atomic E-state index is -1.25. The van der Waals surface area contributed by atoms with Crippen molar-refractivity contribution in [2.75, 3.05) is 5.32 Å². The third-order valence-electron chi connectivity index (χ3n) is 2.95. The zero-order valence-electron chi connectivity index (χ0n) is 11.0. The maximum atomic E-state index is 13.5. The molecule has 21 heavy (non-hydrogen) atoms. The van der Waals surface area contributed by atoms with Gasteiger partial charge in [0, 0.05) is 18.7 Å². The number of halogens is 3. The van der Waals surface area contributed by atoms with E-state index in [1.54, 1.807) is 19.1 Å². The first-order valence-electron chi connectivity index (χ1n) is 6.01. The fraction of sp³-hybridized carbons (Fsp3) is 0.143. The molecule has 0 bridgehead atoms. The minimum Gasteiger partial charge on any atom is -0.378 e. The number of rotatable bonds is 4. The molecule has 0 amide bonds. The molecule has 0 atom stereocenters. The van der Waals surface area contributed by atoms with Gasteiger partial charge in [0.15, 0.2) is 0 Å². The maximum Gasteiger partial charge on any atom is 0.307 e. The first-order chi connectivity index (χ1) is 9.88. The third-order valence-corrected chi connectivity index (χ3v) is 2.95. The van der Waals surface area contributed by atoms with E-state index in [2.05, 4.69) is 5.32 Å². The lowest BCUT2D eigenvalue weighted by molar-refractivity contribution is -0.387. The number of anilines is 1. The molecule has 0 saturated heterocycles. The Morgan fingerprint density at radius 2 is 1.81 bits per heavy atom. The summed E-state index contributed by atoms with van der Waals surface area (Å²) in [5.74, 6) is -2.60.